The number of nitrogens with one attached hydrogen (secondary N) is 2. The van der Waals surface area contributed by atoms with Crippen molar-refractivity contribution in [1.29, 1.82) is 0 Å². The lowest BCUT2D eigenvalue weighted by Gasteiger charge is -2.33. The van der Waals surface area contributed by atoms with Gasteiger partial charge in [0.05, 0.1) is 6.61 Å². The average Bonchev–Trinajstić information content (AvgIpc) is 3.08. The Labute approximate surface area is 176 Å². The van der Waals surface area contributed by atoms with Crippen molar-refractivity contribution in [3.05, 3.63) is 0 Å². The zero-order chi connectivity index (χ0) is 18.0. The molecule has 2 rings (SSSR count). The highest BCUT2D eigenvalue weighted by Crippen LogP contribution is 2.31. The number of hydrogen-bond acceptors (Lipinski definition) is 4. The number of likely N-dealkylation sites (tertiary alicyclic amines) is 1. The average molecular weight is 482 g/mol. The number of aliphatic hydroxyl groups excluding tert-OH is 1. The van der Waals surface area contributed by atoms with Crippen LogP contribution in [0.5, 0.6) is 0 Å². The molecule has 0 aliphatic carbocycles. The molecule has 2 saturated heterocycles. The molecule has 2 aliphatic rings. The first-order valence-corrected chi connectivity index (χ1v) is 10.1. The van der Waals surface area contributed by atoms with Gasteiger partial charge in [-0.2, -0.15) is 0 Å². The van der Waals surface area contributed by atoms with Crippen LogP contribution < -0.4 is 10.6 Å². The molecule has 26 heavy (non-hydrogen) atoms. The van der Waals surface area contributed by atoms with Crippen molar-refractivity contribution >= 4 is 29.9 Å². The highest BCUT2D eigenvalue weighted by Gasteiger charge is 2.34. The number of unbranched alkanes of at least 4 members (excludes halogenated alkanes) is 1. The van der Waals surface area contributed by atoms with Gasteiger partial charge in [0.15, 0.2) is 5.96 Å². The van der Waals surface area contributed by atoms with Gasteiger partial charge in [0, 0.05) is 44.8 Å². The molecule has 2 aliphatic heterocycles. The van der Waals surface area contributed by atoms with Crippen molar-refractivity contribution in [3.63, 3.8) is 0 Å². The third-order valence-electron chi connectivity index (χ3n) is 5.79. The second kappa shape index (κ2) is 13.1. The lowest BCUT2D eigenvalue weighted by atomic mass is 9.84. The number of nitrogens with zero attached hydrogens (tertiary/aromatic N) is 2. The van der Waals surface area contributed by atoms with Gasteiger partial charge in [-0.05, 0) is 58.5 Å². The van der Waals surface area contributed by atoms with Crippen LogP contribution in [0, 0.1) is 5.41 Å². The number of aliphatic imine (C=N–C) groups is 1. The first-order chi connectivity index (χ1) is 12.2. The topological polar surface area (TPSA) is 69.1 Å². The van der Waals surface area contributed by atoms with Gasteiger partial charge in [-0.25, -0.2) is 0 Å². The van der Waals surface area contributed by atoms with Crippen LogP contribution in [-0.2, 0) is 4.74 Å². The van der Waals surface area contributed by atoms with E-state index >= 15 is 0 Å². The SMILES string of the molecule is CN=C(NCCCCN1CCCCC1C)NCC1(CCO)CCOC1.I. The van der Waals surface area contributed by atoms with E-state index in [-0.39, 0.29) is 36.0 Å². The van der Waals surface area contributed by atoms with Crippen LogP contribution in [0.1, 0.15) is 51.9 Å². The Hall–Kier alpha value is -0.120. The first-order valence-electron chi connectivity index (χ1n) is 10.1. The lowest BCUT2D eigenvalue weighted by Crippen LogP contribution is -2.44. The second-order valence-electron chi connectivity index (χ2n) is 7.72. The molecule has 0 radical (unpaired) electrons. The van der Waals surface area contributed by atoms with Gasteiger partial charge < -0.3 is 25.4 Å². The predicted octanol–water partition coefficient (Wildman–Crippen LogP) is 2.21. The third-order valence-corrected chi connectivity index (χ3v) is 5.79. The van der Waals surface area contributed by atoms with E-state index in [0.717, 1.165) is 57.6 Å². The van der Waals surface area contributed by atoms with Crippen molar-refractivity contribution < 1.29 is 9.84 Å². The maximum Gasteiger partial charge on any atom is 0.190 e. The maximum absolute atomic E-state index is 9.31. The summed E-state index contributed by atoms with van der Waals surface area (Å²) >= 11 is 0. The normalized spacial score (nSPS) is 27.2. The molecule has 0 aromatic rings. The molecular weight excluding hydrogens is 443 g/mol. The molecule has 0 aromatic carbocycles. The van der Waals surface area contributed by atoms with E-state index in [4.69, 9.17) is 4.74 Å². The van der Waals surface area contributed by atoms with Crippen LogP contribution in [0.2, 0.25) is 0 Å². The van der Waals surface area contributed by atoms with Crippen molar-refractivity contribution in [2.45, 2.75) is 57.9 Å². The number of rotatable bonds is 9. The van der Waals surface area contributed by atoms with Gasteiger partial charge in [0.25, 0.3) is 0 Å². The Bertz CT molecular complexity index is 403. The van der Waals surface area contributed by atoms with Crippen LogP contribution >= 0.6 is 24.0 Å². The standard InChI is InChI=1S/C19H38N4O2.HI/c1-17-7-3-5-11-23(17)12-6-4-10-21-18(20-2)22-15-19(8-13-24)9-14-25-16-19;/h17,24H,3-16H2,1-2H3,(H2,20,21,22);1H. The van der Waals surface area contributed by atoms with Crippen LogP contribution in [0.15, 0.2) is 4.99 Å². The molecule has 0 saturated carbocycles. The number of guanidine groups is 1. The Morgan fingerprint density at radius 2 is 2.15 bits per heavy atom. The fourth-order valence-electron chi connectivity index (χ4n) is 3.94. The highest BCUT2D eigenvalue weighted by atomic mass is 127. The Balaban J connectivity index is 0.00000338. The summed E-state index contributed by atoms with van der Waals surface area (Å²) in [6, 6.07) is 0.757. The first kappa shape index (κ1) is 23.9. The van der Waals surface area contributed by atoms with Gasteiger partial charge >= 0.3 is 0 Å². The molecule has 2 fully saturated rings. The molecule has 2 unspecified atom stereocenters. The Morgan fingerprint density at radius 1 is 1.31 bits per heavy atom. The fourth-order valence-corrected chi connectivity index (χ4v) is 3.94. The largest absolute Gasteiger partial charge is 0.396 e. The summed E-state index contributed by atoms with van der Waals surface area (Å²) in [6.45, 7) is 8.33. The number of aliphatic hydroxyl groups is 1. The van der Waals surface area contributed by atoms with Gasteiger partial charge in [-0.15, -0.1) is 24.0 Å². The van der Waals surface area contributed by atoms with E-state index in [1.807, 2.05) is 7.05 Å². The molecule has 154 valence electrons. The zero-order valence-electron chi connectivity index (χ0n) is 16.6. The molecule has 2 heterocycles. The molecule has 0 amide bonds. The Morgan fingerprint density at radius 3 is 2.81 bits per heavy atom. The van der Waals surface area contributed by atoms with Crippen molar-refractivity contribution in [2.24, 2.45) is 10.4 Å². The number of hydrogen-bond donors (Lipinski definition) is 3. The van der Waals surface area contributed by atoms with Crippen LogP contribution in [0.25, 0.3) is 0 Å². The summed E-state index contributed by atoms with van der Waals surface area (Å²) in [7, 11) is 1.81. The maximum atomic E-state index is 9.31. The fraction of sp³-hybridized carbons (Fsp3) is 0.947. The summed E-state index contributed by atoms with van der Waals surface area (Å²) in [6.07, 6.45) is 8.29. The highest BCUT2D eigenvalue weighted by molar-refractivity contribution is 14.0. The minimum Gasteiger partial charge on any atom is -0.396 e. The van der Waals surface area contributed by atoms with Gasteiger partial charge in [0.1, 0.15) is 0 Å². The van der Waals surface area contributed by atoms with E-state index < -0.39 is 0 Å². The molecule has 3 N–H and O–H groups in total. The quantitative estimate of drug-likeness (QED) is 0.204. The monoisotopic (exact) mass is 482 g/mol. The van der Waals surface area contributed by atoms with Gasteiger partial charge in [0.2, 0.25) is 0 Å². The van der Waals surface area contributed by atoms with E-state index in [1.54, 1.807) is 0 Å². The molecule has 2 atom stereocenters. The van der Waals surface area contributed by atoms with Crippen molar-refractivity contribution in [3.8, 4) is 0 Å². The van der Waals surface area contributed by atoms with E-state index in [1.165, 1.54) is 38.8 Å². The smallest absolute Gasteiger partial charge is 0.190 e. The number of halogens is 1. The van der Waals surface area contributed by atoms with Crippen molar-refractivity contribution in [1.82, 2.24) is 15.5 Å². The molecule has 6 nitrogen and oxygen atoms in total. The van der Waals surface area contributed by atoms with E-state index in [9.17, 15) is 5.11 Å². The van der Waals surface area contributed by atoms with Gasteiger partial charge in [-0.1, -0.05) is 6.42 Å². The minimum absolute atomic E-state index is 0. The minimum atomic E-state index is 0. The zero-order valence-corrected chi connectivity index (χ0v) is 19.0. The molecular formula is C19H39IN4O2. The third kappa shape index (κ3) is 7.86. The summed E-state index contributed by atoms with van der Waals surface area (Å²) in [4.78, 5) is 6.95. The summed E-state index contributed by atoms with van der Waals surface area (Å²) < 4.78 is 5.54. The van der Waals surface area contributed by atoms with Gasteiger partial charge in [-0.3, -0.25) is 4.99 Å². The van der Waals surface area contributed by atoms with E-state index in [2.05, 4.69) is 27.4 Å². The van der Waals surface area contributed by atoms with Crippen LogP contribution in [-0.4, -0.2) is 75.1 Å². The number of piperidine rings is 1. The lowest BCUT2D eigenvalue weighted by molar-refractivity contribution is 0.127. The van der Waals surface area contributed by atoms with Crippen LogP contribution in [0.4, 0.5) is 0 Å². The summed E-state index contributed by atoms with van der Waals surface area (Å²) in [5.74, 6) is 0.857. The Kier molecular flexibility index (Phi) is 12.1. The second-order valence-corrected chi connectivity index (χ2v) is 7.72. The molecule has 0 aromatic heterocycles. The molecule has 7 heteroatoms. The molecule has 0 bridgehead atoms. The number of ether oxygens (including phenoxy) is 1. The summed E-state index contributed by atoms with van der Waals surface area (Å²) in [5.41, 5.74) is 0.0524. The van der Waals surface area contributed by atoms with Crippen molar-refractivity contribution in [2.75, 3.05) is 53.0 Å². The predicted molar refractivity (Wildman–Crippen MR) is 118 cm³/mol. The van der Waals surface area contributed by atoms with Crippen LogP contribution in [0.3, 0.4) is 0 Å². The van der Waals surface area contributed by atoms with E-state index in [0.29, 0.717) is 0 Å². The molecule has 0 spiro atoms. The summed E-state index contributed by atoms with van der Waals surface area (Å²) in [5, 5.41) is 16.1.